The second kappa shape index (κ2) is 5.63. The van der Waals surface area contributed by atoms with Gasteiger partial charge in [0.25, 0.3) is 0 Å². The number of carbonyl (C=O) groups is 1. The zero-order valence-corrected chi connectivity index (χ0v) is 10.3. The molecule has 1 atom stereocenters. The van der Waals surface area contributed by atoms with Crippen LogP contribution in [0.3, 0.4) is 0 Å². The molecule has 1 aromatic heterocycles. The summed E-state index contributed by atoms with van der Waals surface area (Å²) in [6.45, 7) is 5.14. The lowest BCUT2D eigenvalue weighted by Gasteiger charge is -2.22. The standard InChI is InChI=1S/C12H18N2O3/c1-12(2,3)17-11(16)14-10(8-15)9-5-4-6-13-7-9/h4-7,10,15H,8H2,1-3H3,(H,14,16)/t10-/m1/s1. The smallest absolute Gasteiger partial charge is 0.408 e. The lowest BCUT2D eigenvalue weighted by Crippen LogP contribution is -2.36. The molecule has 5 heteroatoms. The van der Waals surface area contributed by atoms with Crippen molar-refractivity contribution in [2.75, 3.05) is 6.61 Å². The highest BCUT2D eigenvalue weighted by molar-refractivity contribution is 5.68. The maximum atomic E-state index is 11.5. The average molecular weight is 238 g/mol. The topological polar surface area (TPSA) is 71.5 Å². The van der Waals surface area contributed by atoms with Crippen molar-refractivity contribution < 1.29 is 14.6 Å². The Labute approximate surface area is 101 Å². The van der Waals surface area contributed by atoms with Gasteiger partial charge in [-0.3, -0.25) is 4.98 Å². The maximum Gasteiger partial charge on any atom is 0.408 e. The van der Waals surface area contributed by atoms with Crippen LogP contribution in [-0.4, -0.2) is 28.4 Å². The highest BCUT2D eigenvalue weighted by Crippen LogP contribution is 2.12. The van der Waals surface area contributed by atoms with Gasteiger partial charge < -0.3 is 15.2 Å². The molecule has 0 fully saturated rings. The summed E-state index contributed by atoms with van der Waals surface area (Å²) in [5.74, 6) is 0. The Morgan fingerprint density at radius 2 is 2.29 bits per heavy atom. The zero-order valence-electron chi connectivity index (χ0n) is 10.3. The molecule has 1 rings (SSSR count). The number of hydrogen-bond donors (Lipinski definition) is 2. The van der Waals surface area contributed by atoms with Crippen LogP contribution >= 0.6 is 0 Å². The number of nitrogens with zero attached hydrogens (tertiary/aromatic N) is 1. The Balaban J connectivity index is 2.62. The number of aromatic nitrogens is 1. The summed E-state index contributed by atoms with van der Waals surface area (Å²) in [5.41, 5.74) is 0.180. The maximum absolute atomic E-state index is 11.5. The molecular formula is C12H18N2O3. The SMILES string of the molecule is CC(C)(C)OC(=O)N[C@H](CO)c1cccnc1. The van der Waals surface area contributed by atoms with Crippen LogP contribution in [0, 0.1) is 0 Å². The van der Waals surface area contributed by atoms with E-state index in [-0.39, 0.29) is 6.61 Å². The fourth-order valence-corrected chi connectivity index (χ4v) is 1.27. The largest absolute Gasteiger partial charge is 0.444 e. The van der Waals surface area contributed by atoms with Crippen molar-refractivity contribution in [2.45, 2.75) is 32.4 Å². The molecule has 2 N–H and O–H groups in total. The van der Waals surface area contributed by atoms with Crippen LogP contribution < -0.4 is 5.32 Å². The van der Waals surface area contributed by atoms with E-state index in [9.17, 15) is 9.90 Å². The second-order valence-corrected chi connectivity index (χ2v) is 4.67. The van der Waals surface area contributed by atoms with Gasteiger partial charge in [0.1, 0.15) is 5.60 Å². The van der Waals surface area contributed by atoms with Gasteiger partial charge in [0.05, 0.1) is 12.6 Å². The monoisotopic (exact) mass is 238 g/mol. The fourth-order valence-electron chi connectivity index (χ4n) is 1.27. The highest BCUT2D eigenvalue weighted by atomic mass is 16.6. The van der Waals surface area contributed by atoms with E-state index in [0.717, 1.165) is 5.56 Å². The third-order valence-corrected chi connectivity index (χ3v) is 1.96. The number of pyridine rings is 1. The summed E-state index contributed by atoms with van der Waals surface area (Å²) >= 11 is 0. The number of ether oxygens (including phenoxy) is 1. The van der Waals surface area contributed by atoms with Crippen molar-refractivity contribution in [1.82, 2.24) is 10.3 Å². The lowest BCUT2D eigenvalue weighted by atomic mass is 10.1. The molecule has 0 aliphatic heterocycles. The molecule has 0 radical (unpaired) electrons. The van der Waals surface area contributed by atoms with Crippen molar-refractivity contribution in [2.24, 2.45) is 0 Å². The summed E-state index contributed by atoms with van der Waals surface area (Å²) in [6, 6.07) is 3.03. The summed E-state index contributed by atoms with van der Waals surface area (Å²) in [4.78, 5) is 15.5. The Hall–Kier alpha value is -1.62. The third kappa shape index (κ3) is 4.82. The fraction of sp³-hybridized carbons (Fsp3) is 0.500. The van der Waals surface area contributed by atoms with Gasteiger partial charge in [0.15, 0.2) is 0 Å². The molecule has 17 heavy (non-hydrogen) atoms. The number of aliphatic hydroxyl groups is 1. The summed E-state index contributed by atoms with van der Waals surface area (Å²) in [5, 5.41) is 11.8. The van der Waals surface area contributed by atoms with Gasteiger partial charge in [-0.2, -0.15) is 0 Å². The first kappa shape index (κ1) is 13.4. The first-order valence-electron chi connectivity index (χ1n) is 5.42. The highest BCUT2D eigenvalue weighted by Gasteiger charge is 2.19. The van der Waals surface area contributed by atoms with E-state index < -0.39 is 17.7 Å². The minimum atomic E-state index is -0.557. The van der Waals surface area contributed by atoms with Crippen molar-refractivity contribution in [3.05, 3.63) is 30.1 Å². The van der Waals surface area contributed by atoms with Gasteiger partial charge in [-0.25, -0.2) is 4.79 Å². The van der Waals surface area contributed by atoms with Crippen molar-refractivity contribution >= 4 is 6.09 Å². The van der Waals surface area contributed by atoms with Crippen molar-refractivity contribution in [1.29, 1.82) is 0 Å². The number of aliphatic hydroxyl groups excluding tert-OH is 1. The molecule has 1 aromatic rings. The van der Waals surface area contributed by atoms with E-state index in [1.54, 1.807) is 45.3 Å². The molecule has 0 saturated carbocycles. The molecule has 0 saturated heterocycles. The molecule has 0 aliphatic rings. The van der Waals surface area contributed by atoms with Crippen LogP contribution in [0.1, 0.15) is 32.4 Å². The predicted molar refractivity (Wildman–Crippen MR) is 63.4 cm³/mol. The minimum absolute atomic E-state index is 0.203. The van der Waals surface area contributed by atoms with E-state index in [4.69, 9.17) is 4.74 Å². The number of amides is 1. The van der Waals surface area contributed by atoms with E-state index in [1.165, 1.54) is 0 Å². The molecule has 0 aliphatic carbocycles. The summed E-state index contributed by atoms with van der Waals surface area (Å²) in [6.07, 6.45) is 2.67. The van der Waals surface area contributed by atoms with Crippen LogP contribution in [-0.2, 0) is 4.74 Å². The van der Waals surface area contributed by atoms with Crippen molar-refractivity contribution in [3.8, 4) is 0 Å². The number of hydrogen-bond acceptors (Lipinski definition) is 4. The summed E-state index contributed by atoms with van der Waals surface area (Å²) < 4.78 is 5.11. The Kier molecular flexibility index (Phi) is 4.45. The number of alkyl carbamates (subject to hydrolysis) is 1. The average Bonchev–Trinajstić information content (AvgIpc) is 2.24. The Bertz CT molecular complexity index is 360. The molecule has 0 unspecified atom stereocenters. The molecule has 1 heterocycles. The van der Waals surface area contributed by atoms with E-state index in [2.05, 4.69) is 10.3 Å². The van der Waals surface area contributed by atoms with Crippen LogP contribution in [0.25, 0.3) is 0 Å². The molecule has 1 amide bonds. The van der Waals surface area contributed by atoms with Gasteiger partial charge in [0.2, 0.25) is 0 Å². The Morgan fingerprint density at radius 1 is 1.59 bits per heavy atom. The number of carbonyl (C=O) groups excluding carboxylic acids is 1. The van der Waals surface area contributed by atoms with Crippen LogP contribution in [0.5, 0.6) is 0 Å². The quantitative estimate of drug-likeness (QED) is 0.839. The van der Waals surface area contributed by atoms with E-state index in [1.807, 2.05) is 0 Å². The Morgan fingerprint density at radius 3 is 2.76 bits per heavy atom. The molecule has 0 spiro atoms. The van der Waals surface area contributed by atoms with Crippen LogP contribution in [0.2, 0.25) is 0 Å². The van der Waals surface area contributed by atoms with Gasteiger partial charge in [0, 0.05) is 12.4 Å². The normalized spacial score (nSPS) is 12.9. The van der Waals surface area contributed by atoms with Crippen LogP contribution in [0.4, 0.5) is 4.79 Å². The van der Waals surface area contributed by atoms with Gasteiger partial charge >= 0.3 is 6.09 Å². The predicted octanol–water partition coefficient (Wildman–Crippen LogP) is 1.64. The molecule has 0 bridgehead atoms. The number of rotatable bonds is 3. The molecular weight excluding hydrogens is 220 g/mol. The van der Waals surface area contributed by atoms with Crippen LogP contribution in [0.15, 0.2) is 24.5 Å². The van der Waals surface area contributed by atoms with Crippen molar-refractivity contribution in [3.63, 3.8) is 0 Å². The minimum Gasteiger partial charge on any atom is -0.444 e. The zero-order chi connectivity index (χ0) is 12.9. The second-order valence-electron chi connectivity index (χ2n) is 4.67. The first-order chi connectivity index (χ1) is 7.92. The molecule has 0 aromatic carbocycles. The van der Waals surface area contributed by atoms with Gasteiger partial charge in [-0.1, -0.05) is 6.07 Å². The summed E-state index contributed by atoms with van der Waals surface area (Å²) in [7, 11) is 0. The van der Waals surface area contributed by atoms with E-state index >= 15 is 0 Å². The van der Waals surface area contributed by atoms with Gasteiger partial charge in [-0.05, 0) is 32.4 Å². The molecule has 94 valence electrons. The lowest BCUT2D eigenvalue weighted by molar-refractivity contribution is 0.0482. The third-order valence-electron chi connectivity index (χ3n) is 1.96. The van der Waals surface area contributed by atoms with Gasteiger partial charge in [-0.15, -0.1) is 0 Å². The molecule has 5 nitrogen and oxygen atoms in total. The first-order valence-corrected chi connectivity index (χ1v) is 5.42. The number of nitrogens with one attached hydrogen (secondary N) is 1. The van der Waals surface area contributed by atoms with E-state index in [0.29, 0.717) is 0 Å².